The molecule has 1 unspecified atom stereocenters. The Morgan fingerprint density at radius 3 is 2.54 bits per heavy atom. The predicted octanol–water partition coefficient (Wildman–Crippen LogP) is 3.39. The average molecular weight is 498 g/mol. The van der Waals surface area contributed by atoms with Crippen molar-refractivity contribution in [3.8, 4) is 0 Å². The summed E-state index contributed by atoms with van der Waals surface area (Å²) in [6, 6.07) is 10.7. The van der Waals surface area contributed by atoms with Crippen molar-refractivity contribution in [2.75, 3.05) is 40.8 Å². The van der Waals surface area contributed by atoms with Gasteiger partial charge in [-0.1, -0.05) is 43.2 Å². The molecule has 1 aromatic carbocycles. The monoisotopic (exact) mass is 498 g/mol. The van der Waals surface area contributed by atoms with Gasteiger partial charge in [-0.15, -0.1) is 24.0 Å². The molecular weight excluding hydrogens is 463 g/mol. The molecule has 1 saturated heterocycles. The highest BCUT2D eigenvalue weighted by atomic mass is 127. The summed E-state index contributed by atoms with van der Waals surface area (Å²) in [5.41, 5.74) is 1.15. The first-order valence-electron chi connectivity index (χ1n) is 10.3. The number of halogens is 1. The van der Waals surface area contributed by atoms with Crippen LogP contribution in [0, 0.1) is 11.3 Å². The van der Waals surface area contributed by atoms with Crippen molar-refractivity contribution in [3.05, 3.63) is 35.9 Å². The number of amides is 1. The smallest absolute Gasteiger partial charge is 0.230 e. The summed E-state index contributed by atoms with van der Waals surface area (Å²) in [6.07, 6.45) is 6.55. The molecule has 1 saturated carbocycles. The second kappa shape index (κ2) is 10.5. The topological polar surface area (TPSA) is 47.9 Å². The van der Waals surface area contributed by atoms with Gasteiger partial charge in [0.1, 0.15) is 0 Å². The van der Waals surface area contributed by atoms with E-state index in [1.165, 1.54) is 12.0 Å². The van der Waals surface area contributed by atoms with Crippen LogP contribution in [-0.2, 0) is 11.2 Å². The molecule has 1 aliphatic heterocycles. The fourth-order valence-electron chi connectivity index (χ4n) is 4.71. The van der Waals surface area contributed by atoms with E-state index < -0.39 is 0 Å². The van der Waals surface area contributed by atoms with Gasteiger partial charge in [-0.25, -0.2) is 0 Å². The number of nitrogens with one attached hydrogen (secondary N) is 1. The van der Waals surface area contributed by atoms with Gasteiger partial charge in [-0.05, 0) is 37.2 Å². The molecule has 28 heavy (non-hydrogen) atoms. The summed E-state index contributed by atoms with van der Waals surface area (Å²) in [5, 5.41) is 3.54. The number of aliphatic imine (C=N–C) groups is 1. The molecule has 156 valence electrons. The van der Waals surface area contributed by atoms with Crippen molar-refractivity contribution in [1.29, 1.82) is 0 Å². The van der Waals surface area contributed by atoms with E-state index in [0.29, 0.717) is 12.5 Å². The first kappa shape index (κ1) is 23.0. The summed E-state index contributed by atoms with van der Waals surface area (Å²) in [6.45, 7) is 2.76. The Morgan fingerprint density at radius 1 is 1.25 bits per heavy atom. The first-order chi connectivity index (χ1) is 13.0. The van der Waals surface area contributed by atoms with Gasteiger partial charge < -0.3 is 15.1 Å². The van der Waals surface area contributed by atoms with Crippen LogP contribution >= 0.6 is 24.0 Å². The van der Waals surface area contributed by atoms with Crippen LogP contribution in [0.4, 0.5) is 0 Å². The standard InChI is InChI=1S/C22H34N4O.HI/c1-23-21(24-17-22(12-7-8-13-22)20(27)25(2)3)26-14-11-19(16-26)15-18-9-5-4-6-10-18;/h4-6,9-10,19H,7-8,11-17H2,1-3H3,(H,23,24);1H. The van der Waals surface area contributed by atoms with Crippen molar-refractivity contribution in [2.45, 2.75) is 38.5 Å². The lowest BCUT2D eigenvalue weighted by atomic mass is 9.84. The Bertz CT molecular complexity index is 656. The highest BCUT2D eigenvalue weighted by molar-refractivity contribution is 14.0. The zero-order chi connectivity index (χ0) is 19.3. The van der Waals surface area contributed by atoms with Gasteiger partial charge in [-0.3, -0.25) is 9.79 Å². The number of guanidine groups is 1. The van der Waals surface area contributed by atoms with Crippen LogP contribution in [-0.4, -0.2) is 62.4 Å². The first-order valence-corrected chi connectivity index (χ1v) is 10.3. The normalized spacial score (nSPS) is 21.3. The third-order valence-corrected chi connectivity index (χ3v) is 6.17. The van der Waals surface area contributed by atoms with Crippen LogP contribution in [0.3, 0.4) is 0 Å². The number of rotatable bonds is 5. The Labute approximate surface area is 187 Å². The average Bonchev–Trinajstić information content (AvgIpc) is 3.33. The van der Waals surface area contributed by atoms with Crippen LogP contribution in [0.2, 0.25) is 0 Å². The van der Waals surface area contributed by atoms with E-state index >= 15 is 0 Å². The molecule has 1 heterocycles. The minimum atomic E-state index is -0.261. The third-order valence-electron chi connectivity index (χ3n) is 6.17. The third kappa shape index (κ3) is 5.39. The lowest BCUT2D eigenvalue weighted by Crippen LogP contribution is -2.49. The lowest BCUT2D eigenvalue weighted by molar-refractivity contribution is -0.138. The van der Waals surface area contributed by atoms with Crippen molar-refractivity contribution in [3.63, 3.8) is 0 Å². The number of carbonyl (C=O) groups excluding carboxylic acids is 1. The van der Waals surface area contributed by atoms with Crippen LogP contribution in [0.25, 0.3) is 0 Å². The molecule has 3 rings (SSSR count). The fourth-order valence-corrected chi connectivity index (χ4v) is 4.71. The summed E-state index contributed by atoms with van der Waals surface area (Å²) in [5.74, 6) is 1.87. The predicted molar refractivity (Wildman–Crippen MR) is 126 cm³/mol. The largest absolute Gasteiger partial charge is 0.355 e. The Morgan fingerprint density at radius 2 is 1.93 bits per heavy atom. The highest BCUT2D eigenvalue weighted by Crippen LogP contribution is 2.39. The van der Waals surface area contributed by atoms with E-state index in [4.69, 9.17) is 0 Å². The van der Waals surface area contributed by atoms with E-state index in [1.54, 1.807) is 4.90 Å². The molecule has 1 aromatic rings. The van der Waals surface area contributed by atoms with Crippen molar-refractivity contribution >= 4 is 35.8 Å². The van der Waals surface area contributed by atoms with Crippen molar-refractivity contribution < 1.29 is 4.79 Å². The molecule has 1 N–H and O–H groups in total. The van der Waals surface area contributed by atoms with Crippen molar-refractivity contribution in [2.24, 2.45) is 16.3 Å². The molecular formula is C22H35IN4O. The summed E-state index contributed by atoms with van der Waals surface area (Å²) in [7, 11) is 5.58. The number of carbonyl (C=O) groups is 1. The van der Waals surface area contributed by atoms with E-state index in [0.717, 1.165) is 51.2 Å². The minimum Gasteiger partial charge on any atom is -0.355 e. The minimum absolute atomic E-state index is 0. The number of benzene rings is 1. The Balaban J connectivity index is 0.00000280. The van der Waals surface area contributed by atoms with Crippen LogP contribution < -0.4 is 5.32 Å². The Kier molecular flexibility index (Phi) is 8.58. The number of hydrogen-bond donors (Lipinski definition) is 1. The molecule has 0 bridgehead atoms. The van der Waals surface area contributed by atoms with E-state index in [2.05, 4.69) is 45.5 Å². The highest BCUT2D eigenvalue weighted by Gasteiger charge is 2.42. The molecule has 2 fully saturated rings. The second-order valence-corrected chi connectivity index (χ2v) is 8.38. The SMILES string of the molecule is CN=C(NCC1(C(=O)N(C)C)CCCC1)N1CCC(Cc2ccccc2)C1.I. The Hall–Kier alpha value is -1.31. The van der Waals surface area contributed by atoms with Crippen molar-refractivity contribution in [1.82, 2.24) is 15.1 Å². The lowest BCUT2D eigenvalue weighted by Gasteiger charge is -2.32. The van der Waals surface area contributed by atoms with Crippen LogP contribution in [0.1, 0.15) is 37.7 Å². The van der Waals surface area contributed by atoms with E-state index in [9.17, 15) is 4.79 Å². The van der Waals surface area contributed by atoms with Gasteiger partial charge in [0.25, 0.3) is 0 Å². The zero-order valence-electron chi connectivity index (χ0n) is 17.5. The molecule has 0 aromatic heterocycles. The van der Waals surface area contributed by atoms with Gasteiger partial charge in [0.2, 0.25) is 5.91 Å². The summed E-state index contributed by atoms with van der Waals surface area (Å²) < 4.78 is 0. The van der Waals surface area contributed by atoms with E-state index in [-0.39, 0.29) is 35.3 Å². The van der Waals surface area contributed by atoms with Gasteiger partial charge in [0, 0.05) is 40.8 Å². The number of nitrogens with zero attached hydrogens (tertiary/aromatic N) is 3. The molecule has 0 radical (unpaired) electrons. The molecule has 2 aliphatic rings. The maximum absolute atomic E-state index is 12.8. The number of hydrogen-bond acceptors (Lipinski definition) is 2. The van der Waals surface area contributed by atoms with E-state index in [1.807, 2.05) is 21.1 Å². The maximum Gasteiger partial charge on any atom is 0.230 e. The molecule has 1 amide bonds. The quantitative estimate of drug-likeness (QED) is 0.385. The molecule has 0 spiro atoms. The maximum atomic E-state index is 12.8. The van der Waals surface area contributed by atoms with Gasteiger partial charge in [0.15, 0.2) is 5.96 Å². The second-order valence-electron chi connectivity index (χ2n) is 8.38. The molecule has 1 aliphatic carbocycles. The molecule has 6 heteroatoms. The van der Waals surface area contributed by atoms with Crippen LogP contribution in [0.15, 0.2) is 35.3 Å². The van der Waals surface area contributed by atoms with Gasteiger partial charge in [-0.2, -0.15) is 0 Å². The van der Waals surface area contributed by atoms with Gasteiger partial charge >= 0.3 is 0 Å². The van der Waals surface area contributed by atoms with Gasteiger partial charge in [0.05, 0.1) is 5.41 Å². The number of likely N-dealkylation sites (tertiary alicyclic amines) is 1. The zero-order valence-corrected chi connectivity index (χ0v) is 19.8. The molecule has 1 atom stereocenters. The molecule has 5 nitrogen and oxygen atoms in total. The van der Waals surface area contributed by atoms with Crippen LogP contribution in [0.5, 0.6) is 0 Å². The fraction of sp³-hybridized carbons (Fsp3) is 0.636. The summed E-state index contributed by atoms with van der Waals surface area (Å²) >= 11 is 0. The summed E-state index contributed by atoms with van der Waals surface area (Å²) in [4.78, 5) is 21.4.